The Balaban J connectivity index is 0.00000167. The molecule has 0 amide bonds. The Kier molecular flexibility index (Phi) is 7.68. The molecule has 35 heavy (non-hydrogen) atoms. The van der Waals surface area contributed by atoms with Crippen molar-refractivity contribution in [2.24, 2.45) is 0 Å². The SMILES string of the molecule is CC.CC(=N)c1c(N)ncnc1NCc1cc2cccc(C)c2nc1-c1ccccc1C(F)(F)F. The topological polar surface area (TPSA) is 101 Å². The number of alkyl halides is 3. The number of pyridine rings is 1. The molecule has 0 aliphatic heterocycles. The van der Waals surface area contributed by atoms with Crippen molar-refractivity contribution in [1.29, 1.82) is 5.41 Å². The maximum Gasteiger partial charge on any atom is 0.417 e. The van der Waals surface area contributed by atoms with Crippen LogP contribution in [0.1, 0.15) is 43.0 Å². The number of nitrogens with two attached hydrogens (primary N) is 1. The third kappa shape index (κ3) is 5.40. The number of para-hydroxylation sites is 1. The Labute approximate surface area is 202 Å². The van der Waals surface area contributed by atoms with Crippen molar-refractivity contribution >= 4 is 28.3 Å². The molecule has 182 valence electrons. The maximum atomic E-state index is 13.8. The van der Waals surface area contributed by atoms with Crippen molar-refractivity contribution in [3.05, 3.63) is 77.1 Å². The van der Waals surface area contributed by atoms with Gasteiger partial charge in [-0.1, -0.05) is 50.2 Å². The monoisotopic (exact) mass is 480 g/mol. The summed E-state index contributed by atoms with van der Waals surface area (Å²) in [6, 6.07) is 12.8. The van der Waals surface area contributed by atoms with Crippen LogP contribution in [0.15, 0.2) is 54.9 Å². The van der Waals surface area contributed by atoms with Gasteiger partial charge in [0.25, 0.3) is 0 Å². The van der Waals surface area contributed by atoms with E-state index in [4.69, 9.17) is 11.1 Å². The quantitative estimate of drug-likeness (QED) is 0.279. The first-order valence-corrected chi connectivity index (χ1v) is 11.1. The van der Waals surface area contributed by atoms with E-state index < -0.39 is 11.7 Å². The predicted octanol–water partition coefficient (Wildman–Crippen LogP) is 6.63. The van der Waals surface area contributed by atoms with Gasteiger partial charge in [0.05, 0.1) is 22.3 Å². The molecule has 2 aromatic heterocycles. The van der Waals surface area contributed by atoms with Crippen molar-refractivity contribution < 1.29 is 13.2 Å². The molecule has 2 aromatic carbocycles. The summed E-state index contributed by atoms with van der Waals surface area (Å²) in [5.41, 5.74) is 7.94. The number of nitrogens with zero attached hydrogens (tertiary/aromatic N) is 3. The first-order valence-electron chi connectivity index (χ1n) is 11.1. The van der Waals surface area contributed by atoms with Crippen LogP contribution < -0.4 is 11.1 Å². The smallest absolute Gasteiger partial charge is 0.383 e. The fourth-order valence-corrected chi connectivity index (χ4v) is 3.78. The molecule has 0 saturated heterocycles. The molecule has 0 atom stereocenters. The van der Waals surface area contributed by atoms with E-state index in [1.165, 1.54) is 18.5 Å². The van der Waals surface area contributed by atoms with Crippen molar-refractivity contribution in [2.45, 2.75) is 40.4 Å². The van der Waals surface area contributed by atoms with Crippen LogP contribution in [0.25, 0.3) is 22.2 Å². The van der Waals surface area contributed by atoms with Gasteiger partial charge in [0.1, 0.15) is 18.0 Å². The van der Waals surface area contributed by atoms with E-state index in [0.29, 0.717) is 22.5 Å². The molecule has 0 aliphatic rings. The fourth-order valence-electron chi connectivity index (χ4n) is 3.78. The molecular weight excluding hydrogens is 453 g/mol. The molecule has 0 aliphatic carbocycles. The van der Waals surface area contributed by atoms with Gasteiger partial charge >= 0.3 is 6.18 Å². The molecule has 0 bridgehead atoms. The molecular formula is C26H27F3N6. The largest absolute Gasteiger partial charge is 0.417 e. The van der Waals surface area contributed by atoms with Crippen LogP contribution in [0, 0.1) is 12.3 Å². The highest BCUT2D eigenvalue weighted by Gasteiger charge is 2.34. The van der Waals surface area contributed by atoms with Gasteiger partial charge in [-0.15, -0.1) is 0 Å². The minimum Gasteiger partial charge on any atom is -0.383 e. The summed E-state index contributed by atoms with van der Waals surface area (Å²) in [4.78, 5) is 12.8. The minimum absolute atomic E-state index is 0.00221. The normalized spacial score (nSPS) is 11.1. The van der Waals surface area contributed by atoms with E-state index in [1.807, 2.05) is 45.0 Å². The first-order chi connectivity index (χ1) is 16.7. The summed E-state index contributed by atoms with van der Waals surface area (Å²) in [7, 11) is 0. The molecule has 0 unspecified atom stereocenters. The average Bonchev–Trinajstić information content (AvgIpc) is 2.83. The highest BCUT2D eigenvalue weighted by Crippen LogP contribution is 2.38. The van der Waals surface area contributed by atoms with E-state index in [9.17, 15) is 13.2 Å². The second kappa shape index (κ2) is 10.5. The van der Waals surface area contributed by atoms with Gasteiger partial charge < -0.3 is 16.5 Å². The number of aryl methyl sites for hydroxylation is 1. The molecule has 0 saturated carbocycles. The molecule has 6 nitrogen and oxygen atoms in total. The van der Waals surface area contributed by atoms with E-state index in [-0.39, 0.29) is 29.3 Å². The van der Waals surface area contributed by atoms with E-state index in [1.54, 1.807) is 13.0 Å². The summed E-state index contributed by atoms with van der Waals surface area (Å²) in [6.07, 6.45) is -3.26. The van der Waals surface area contributed by atoms with Gasteiger partial charge in [-0.3, -0.25) is 0 Å². The molecule has 2 heterocycles. The van der Waals surface area contributed by atoms with Crippen molar-refractivity contribution in [2.75, 3.05) is 11.1 Å². The zero-order valence-corrected chi connectivity index (χ0v) is 20.0. The van der Waals surface area contributed by atoms with Crippen LogP contribution in [-0.4, -0.2) is 20.7 Å². The standard InChI is InChI=1S/C24H21F3N6.C2H6/c1-13-6-5-7-15-10-16(11-30-23-19(14(2)28)22(29)31-12-32-23)21(33-20(13)15)17-8-3-4-9-18(17)24(25,26)27;1-2/h3-10,12,28H,11H2,1-2H3,(H3,29,30,31,32);1-2H3. The summed E-state index contributed by atoms with van der Waals surface area (Å²) in [5, 5.41) is 11.9. The van der Waals surface area contributed by atoms with Crippen LogP contribution in [0.3, 0.4) is 0 Å². The predicted molar refractivity (Wildman–Crippen MR) is 135 cm³/mol. The van der Waals surface area contributed by atoms with Gasteiger partial charge in [-0.2, -0.15) is 13.2 Å². The Bertz CT molecular complexity index is 1370. The fraction of sp³-hybridized carbons (Fsp3) is 0.231. The Morgan fingerprint density at radius 3 is 2.46 bits per heavy atom. The van der Waals surface area contributed by atoms with Gasteiger partial charge in [0.2, 0.25) is 0 Å². The van der Waals surface area contributed by atoms with Crippen molar-refractivity contribution in [1.82, 2.24) is 15.0 Å². The van der Waals surface area contributed by atoms with E-state index >= 15 is 0 Å². The Morgan fingerprint density at radius 1 is 1.06 bits per heavy atom. The summed E-state index contributed by atoms with van der Waals surface area (Å²) < 4.78 is 41.4. The van der Waals surface area contributed by atoms with Crippen LogP contribution in [-0.2, 0) is 12.7 Å². The second-order valence-corrected chi connectivity index (χ2v) is 7.65. The number of hydrogen-bond donors (Lipinski definition) is 3. The van der Waals surface area contributed by atoms with Crippen LogP contribution in [0.5, 0.6) is 0 Å². The highest BCUT2D eigenvalue weighted by atomic mass is 19.4. The zero-order chi connectivity index (χ0) is 25.8. The number of nitrogen functional groups attached to an aromatic ring is 1. The maximum absolute atomic E-state index is 13.8. The number of rotatable bonds is 5. The lowest BCUT2D eigenvalue weighted by molar-refractivity contribution is -0.137. The number of halogens is 3. The summed E-state index contributed by atoms with van der Waals surface area (Å²) >= 11 is 0. The van der Waals surface area contributed by atoms with Crippen molar-refractivity contribution in [3.8, 4) is 11.3 Å². The van der Waals surface area contributed by atoms with Crippen molar-refractivity contribution in [3.63, 3.8) is 0 Å². The molecule has 9 heteroatoms. The minimum atomic E-state index is -4.53. The highest BCUT2D eigenvalue weighted by molar-refractivity contribution is 6.04. The molecule has 0 radical (unpaired) electrons. The van der Waals surface area contributed by atoms with Gasteiger partial charge in [0, 0.05) is 23.2 Å². The third-order valence-corrected chi connectivity index (χ3v) is 5.31. The molecule has 0 spiro atoms. The summed E-state index contributed by atoms with van der Waals surface area (Å²) in [5.74, 6) is 0.476. The van der Waals surface area contributed by atoms with Gasteiger partial charge in [0.15, 0.2) is 0 Å². The number of fused-ring (bicyclic) bond motifs is 1. The lowest BCUT2D eigenvalue weighted by Gasteiger charge is -2.18. The Hall–Kier alpha value is -4.01. The number of benzene rings is 2. The van der Waals surface area contributed by atoms with Crippen LogP contribution in [0.4, 0.5) is 24.8 Å². The van der Waals surface area contributed by atoms with Crippen LogP contribution >= 0.6 is 0 Å². The molecule has 4 aromatic rings. The second-order valence-electron chi connectivity index (χ2n) is 7.65. The first kappa shape index (κ1) is 25.6. The third-order valence-electron chi connectivity index (χ3n) is 5.31. The number of anilines is 2. The van der Waals surface area contributed by atoms with E-state index in [0.717, 1.165) is 17.0 Å². The lowest BCUT2D eigenvalue weighted by atomic mass is 9.97. The summed E-state index contributed by atoms with van der Waals surface area (Å²) in [6.45, 7) is 7.55. The number of aromatic nitrogens is 3. The van der Waals surface area contributed by atoms with Gasteiger partial charge in [-0.25, -0.2) is 15.0 Å². The molecule has 0 fully saturated rings. The van der Waals surface area contributed by atoms with E-state index in [2.05, 4.69) is 20.3 Å². The lowest BCUT2D eigenvalue weighted by Crippen LogP contribution is -2.13. The average molecular weight is 481 g/mol. The van der Waals surface area contributed by atoms with Crippen LogP contribution in [0.2, 0.25) is 0 Å². The zero-order valence-electron chi connectivity index (χ0n) is 20.0. The molecule has 4 rings (SSSR count). The van der Waals surface area contributed by atoms with Gasteiger partial charge in [-0.05, 0) is 37.1 Å². The number of nitrogens with one attached hydrogen (secondary N) is 2. The molecule has 4 N–H and O–H groups in total. The number of hydrogen-bond acceptors (Lipinski definition) is 6. The Morgan fingerprint density at radius 2 is 1.77 bits per heavy atom.